The minimum atomic E-state index is 0.819. The summed E-state index contributed by atoms with van der Waals surface area (Å²) in [6.07, 6.45) is 0. The molecule has 1 saturated heterocycles. The van der Waals surface area contributed by atoms with E-state index < -0.39 is 0 Å². The number of ether oxygens (including phenoxy) is 1. The van der Waals surface area contributed by atoms with Crippen molar-refractivity contribution in [3.8, 4) is 5.75 Å². The number of nitrogens with zero attached hydrogens (tertiary/aromatic N) is 2. The van der Waals surface area contributed by atoms with Gasteiger partial charge in [0, 0.05) is 44.3 Å². The zero-order valence-corrected chi connectivity index (χ0v) is 14.3. The highest BCUT2D eigenvalue weighted by Gasteiger charge is 2.17. The molecule has 3 nitrogen and oxygen atoms in total. The van der Waals surface area contributed by atoms with Crippen molar-refractivity contribution in [1.29, 1.82) is 0 Å². The second kappa shape index (κ2) is 7.82. The molecule has 1 fully saturated rings. The van der Waals surface area contributed by atoms with Gasteiger partial charge in [0.2, 0.25) is 0 Å². The maximum absolute atomic E-state index is 6.06. The third-order valence-corrected chi connectivity index (χ3v) is 4.54. The lowest BCUT2D eigenvalue weighted by Gasteiger charge is -2.34. The molecular formula is C19H23ClN2O. The summed E-state index contributed by atoms with van der Waals surface area (Å²) in [7, 11) is 1.72. The van der Waals surface area contributed by atoms with Crippen molar-refractivity contribution in [3.63, 3.8) is 0 Å². The van der Waals surface area contributed by atoms with Gasteiger partial charge in [-0.2, -0.15) is 0 Å². The van der Waals surface area contributed by atoms with Gasteiger partial charge in [-0.1, -0.05) is 35.9 Å². The summed E-state index contributed by atoms with van der Waals surface area (Å²) >= 11 is 6.06. The minimum absolute atomic E-state index is 0.819. The van der Waals surface area contributed by atoms with Crippen molar-refractivity contribution in [2.24, 2.45) is 0 Å². The quantitative estimate of drug-likeness (QED) is 0.832. The highest BCUT2D eigenvalue weighted by molar-refractivity contribution is 6.30. The fourth-order valence-electron chi connectivity index (χ4n) is 3.03. The Morgan fingerprint density at radius 1 is 0.870 bits per heavy atom. The van der Waals surface area contributed by atoms with Crippen LogP contribution in [-0.2, 0) is 13.1 Å². The molecule has 0 saturated carbocycles. The summed E-state index contributed by atoms with van der Waals surface area (Å²) in [5.41, 5.74) is 2.60. The smallest absolute Gasteiger partial charge is 0.119 e. The number of methoxy groups -OCH3 is 1. The van der Waals surface area contributed by atoms with Crippen molar-refractivity contribution >= 4 is 11.6 Å². The highest BCUT2D eigenvalue weighted by Crippen LogP contribution is 2.17. The standard InChI is InChI=1S/C19H23ClN2O/c1-23-19-7-3-5-17(13-19)15-22-10-8-21(9-11-22)14-16-4-2-6-18(20)12-16/h2-7,12-13H,8-11,14-15H2,1H3. The molecule has 0 atom stereocenters. The molecule has 0 radical (unpaired) electrons. The Balaban J connectivity index is 1.50. The molecule has 0 aliphatic carbocycles. The first-order chi connectivity index (χ1) is 11.2. The van der Waals surface area contributed by atoms with Crippen molar-refractivity contribution < 1.29 is 4.74 Å². The number of benzene rings is 2. The predicted molar refractivity (Wildman–Crippen MR) is 95.0 cm³/mol. The summed E-state index contributed by atoms with van der Waals surface area (Å²) < 4.78 is 5.30. The average molecular weight is 331 g/mol. The van der Waals surface area contributed by atoms with E-state index in [2.05, 4.69) is 40.1 Å². The summed E-state index contributed by atoms with van der Waals surface area (Å²) in [4.78, 5) is 5.00. The summed E-state index contributed by atoms with van der Waals surface area (Å²) in [5.74, 6) is 0.932. The Morgan fingerprint density at radius 2 is 1.43 bits per heavy atom. The fourth-order valence-corrected chi connectivity index (χ4v) is 3.24. The first kappa shape index (κ1) is 16.3. The average Bonchev–Trinajstić information content (AvgIpc) is 2.57. The summed E-state index contributed by atoms with van der Waals surface area (Å²) in [6.45, 7) is 6.35. The lowest BCUT2D eigenvalue weighted by atomic mass is 10.1. The first-order valence-corrected chi connectivity index (χ1v) is 8.43. The number of hydrogen-bond acceptors (Lipinski definition) is 3. The first-order valence-electron chi connectivity index (χ1n) is 8.05. The van der Waals surface area contributed by atoms with Crippen LogP contribution in [0.2, 0.25) is 5.02 Å². The van der Waals surface area contributed by atoms with Gasteiger partial charge < -0.3 is 4.74 Å². The van der Waals surface area contributed by atoms with Crippen LogP contribution in [0.3, 0.4) is 0 Å². The van der Waals surface area contributed by atoms with Gasteiger partial charge in [0.1, 0.15) is 5.75 Å². The molecule has 4 heteroatoms. The maximum atomic E-state index is 6.06. The van der Waals surface area contributed by atoms with Crippen molar-refractivity contribution in [2.45, 2.75) is 13.1 Å². The molecule has 0 aromatic heterocycles. The van der Waals surface area contributed by atoms with Gasteiger partial charge in [-0.25, -0.2) is 0 Å². The summed E-state index contributed by atoms with van der Waals surface area (Å²) in [5, 5.41) is 0.819. The Bertz CT molecular complexity index is 639. The predicted octanol–water partition coefficient (Wildman–Crippen LogP) is 3.67. The topological polar surface area (TPSA) is 15.7 Å². The van der Waals surface area contributed by atoms with Crippen LogP contribution in [0.4, 0.5) is 0 Å². The lowest BCUT2D eigenvalue weighted by Crippen LogP contribution is -2.45. The third kappa shape index (κ3) is 4.71. The minimum Gasteiger partial charge on any atom is -0.497 e. The molecule has 0 N–H and O–H groups in total. The molecule has 0 amide bonds. The van der Waals surface area contributed by atoms with E-state index in [1.54, 1.807) is 7.11 Å². The van der Waals surface area contributed by atoms with Gasteiger partial charge >= 0.3 is 0 Å². The van der Waals surface area contributed by atoms with Crippen LogP contribution in [0, 0.1) is 0 Å². The Kier molecular flexibility index (Phi) is 5.55. The maximum Gasteiger partial charge on any atom is 0.119 e. The van der Waals surface area contributed by atoms with E-state index in [0.29, 0.717) is 0 Å². The van der Waals surface area contributed by atoms with E-state index in [0.717, 1.165) is 50.0 Å². The van der Waals surface area contributed by atoms with Crippen LogP contribution in [0.25, 0.3) is 0 Å². The number of hydrogen-bond donors (Lipinski definition) is 0. The highest BCUT2D eigenvalue weighted by atomic mass is 35.5. The zero-order chi connectivity index (χ0) is 16.1. The number of piperazine rings is 1. The zero-order valence-electron chi connectivity index (χ0n) is 13.5. The van der Waals surface area contributed by atoms with E-state index in [9.17, 15) is 0 Å². The SMILES string of the molecule is COc1cccc(CN2CCN(Cc3cccc(Cl)c3)CC2)c1. The van der Waals surface area contributed by atoms with Crippen molar-refractivity contribution in [3.05, 3.63) is 64.7 Å². The lowest BCUT2D eigenvalue weighted by molar-refractivity contribution is 0.122. The van der Waals surface area contributed by atoms with Crippen LogP contribution in [-0.4, -0.2) is 43.1 Å². The van der Waals surface area contributed by atoms with Gasteiger partial charge in [0.15, 0.2) is 0 Å². The van der Waals surface area contributed by atoms with Crippen LogP contribution >= 0.6 is 11.6 Å². The second-order valence-electron chi connectivity index (χ2n) is 6.03. The molecule has 1 aliphatic rings. The largest absolute Gasteiger partial charge is 0.497 e. The van der Waals surface area contributed by atoms with Gasteiger partial charge in [0.05, 0.1) is 7.11 Å². The van der Waals surface area contributed by atoms with Crippen molar-refractivity contribution in [2.75, 3.05) is 33.3 Å². The molecule has 1 heterocycles. The van der Waals surface area contributed by atoms with E-state index in [-0.39, 0.29) is 0 Å². The van der Waals surface area contributed by atoms with Gasteiger partial charge in [-0.15, -0.1) is 0 Å². The van der Waals surface area contributed by atoms with Crippen LogP contribution < -0.4 is 4.74 Å². The Morgan fingerprint density at radius 3 is 2.00 bits per heavy atom. The van der Waals surface area contributed by atoms with Gasteiger partial charge in [0.25, 0.3) is 0 Å². The number of halogens is 1. The van der Waals surface area contributed by atoms with E-state index in [1.807, 2.05) is 18.2 Å². The molecule has 122 valence electrons. The normalized spacial score (nSPS) is 16.4. The van der Waals surface area contributed by atoms with Crippen LogP contribution in [0.15, 0.2) is 48.5 Å². The third-order valence-electron chi connectivity index (χ3n) is 4.30. The molecular weight excluding hydrogens is 308 g/mol. The molecule has 1 aliphatic heterocycles. The molecule has 2 aromatic rings. The molecule has 23 heavy (non-hydrogen) atoms. The van der Waals surface area contributed by atoms with Crippen molar-refractivity contribution in [1.82, 2.24) is 9.80 Å². The number of rotatable bonds is 5. The van der Waals surface area contributed by atoms with Crippen LogP contribution in [0.1, 0.15) is 11.1 Å². The van der Waals surface area contributed by atoms with E-state index >= 15 is 0 Å². The van der Waals surface area contributed by atoms with Crippen LogP contribution in [0.5, 0.6) is 5.75 Å². The molecule has 3 rings (SSSR count). The van der Waals surface area contributed by atoms with E-state index in [4.69, 9.17) is 16.3 Å². The monoisotopic (exact) mass is 330 g/mol. The van der Waals surface area contributed by atoms with Gasteiger partial charge in [-0.05, 0) is 35.4 Å². The molecule has 0 bridgehead atoms. The fraction of sp³-hybridized carbons (Fsp3) is 0.368. The molecule has 0 spiro atoms. The molecule has 2 aromatic carbocycles. The second-order valence-corrected chi connectivity index (χ2v) is 6.47. The van der Waals surface area contributed by atoms with Gasteiger partial charge in [-0.3, -0.25) is 9.80 Å². The summed E-state index contributed by atoms with van der Waals surface area (Å²) in [6, 6.07) is 16.5. The Hall–Kier alpha value is -1.55. The molecule has 0 unspecified atom stereocenters. The van der Waals surface area contributed by atoms with E-state index in [1.165, 1.54) is 11.1 Å². The Labute approximate surface area is 143 Å².